The first-order valence-electron chi connectivity index (χ1n) is 4.88. The lowest BCUT2D eigenvalue weighted by molar-refractivity contribution is -0.114. The highest BCUT2D eigenvalue weighted by molar-refractivity contribution is 5.87. The molecule has 0 aliphatic rings. The second kappa shape index (κ2) is 4.65. The van der Waals surface area contributed by atoms with Crippen molar-refractivity contribution in [1.29, 1.82) is 0 Å². The molecule has 0 fully saturated rings. The Kier molecular flexibility index (Phi) is 3.04. The first-order chi connectivity index (χ1) is 8.15. The van der Waals surface area contributed by atoms with Crippen LogP contribution in [0.5, 0.6) is 0 Å². The maximum Gasteiger partial charge on any atom is 0.222 e. The summed E-state index contributed by atoms with van der Waals surface area (Å²) in [6, 6.07) is 6.10. The number of carbonyl (C=O) groups is 1. The number of pyridine rings is 1. The Morgan fingerprint density at radius 3 is 2.59 bits per heavy atom. The fourth-order valence-electron chi connectivity index (χ4n) is 1.26. The van der Waals surface area contributed by atoms with Crippen molar-refractivity contribution >= 4 is 11.7 Å². The maximum atomic E-state index is 12.6. The lowest BCUT2D eigenvalue weighted by Crippen LogP contribution is -2.08. The van der Waals surface area contributed by atoms with Crippen LogP contribution < -0.4 is 5.32 Å². The van der Waals surface area contributed by atoms with Crippen LogP contribution in [0.2, 0.25) is 0 Å². The molecule has 0 unspecified atom stereocenters. The average molecular weight is 232 g/mol. The first-order valence-corrected chi connectivity index (χ1v) is 4.88. The van der Waals surface area contributed by atoms with Gasteiger partial charge in [0.25, 0.3) is 0 Å². The Labute approximate surface area is 96.7 Å². The largest absolute Gasteiger partial charge is 0.309 e. The van der Waals surface area contributed by atoms with Gasteiger partial charge >= 0.3 is 0 Å². The molecule has 2 aromatic rings. The number of hydrogen-bond acceptors (Lipinski definition) is 4. The van der Waals surface area contributed by atoms with Crippen LogP contribution >= 0.6 is 0 Å². The molecular weight excluding hydrogens is 223 g/mol. The number of halogens is 1. The Bertz CT molecular complexity index is 524. The van der Waals surface area contributed by atoms with E-state index < -0.39 is 5.95 Å². The molecule has 0 bridgehead atoms. The van der Waals surface area contributed by atoms with E-state index >= 15 is 0 Å². The molecule has 0 saturated carbocycles. The van der Waals surface area contributed by atoms with Gasteiger partial charge in [0.2, 0.25) is 11.9 Å². The third-order valence-corrected chi connectivity index (χ3v) is 1.99. The third-order valence-electron chi connectivity index (χ3n) is 1.99. The van der Waals surface area contributed by atoms with Gasteiger partial charge in [-0.15, -0.1) is 10.2 Å². The highest BCUT2D eigenvalue weighted by Gasteiger charge is 2.02. The molecule has 2 rings (SSSR count). The summed E-state index contributed by atoms with van der Waals surface area (Å²) in [5, 5.41) is 10.2. The summed E-state index contributed by atoms with van der Waals surface area (Å²) in [5.74, 6) is -0.386. The van der Waals surface area contributed by atoms with Crippen molar-refractivity contribution in [3.63, 3.8) is 0 Å². The van der Waals surface area contributed by atoms with E-state index in [1.807, 2.05) is 0 Å². The minimum absolute atomic E-state index is 0.213. The van der Waals surface area contributed by atoms with E-state index in [1.165, 1.54) is 19.2 Å². The fraction of sp³-hybridized carbons (Fsp3) is 0.0909. The molecule has 1 N–H and O–H groups in total. The van der Waals surface area contributed by atoms with E-state index in [0.29, 0.717) is 17.1 Å². The van der Waals surface area contributed by atoms with Gasteiger partial charge in [-0.3, -0.25) is 4.79 Å². The maximum absolute atomic E-state index is 12.6. The van der Waals surface area contributed by atoms with Crippen LogP contribution in [0.1, 0.15) is 6.92 Å². The zero-order chi connectivity index (χ0) is 12.3. The van der Waals surface area contributed by atoms with Crippen molar-refractivity contribution in [2.75, 3.05) is 5.32 Å². The SMILES string of the molecule is CC(=O)Nc1ccc(-c2ccc(F)nc2)nn1. The topological polar surface area (TPSA) is 67.8 Å². The molecule has 0 aliphatic heterocycles. The van der Waals surface area contributed by atoms with E-state index in [9.17, 15) is 9.18 Å². The number of hydrogen-bond donors (Lipinski definition) is 1. The molecule has 0 aliphatic carbocycles. The highest BCUT2D eigenvalue weighted by atomic mass is 19.1. The van der Waals surface area contributed by atoms with Gasteiger partial charge < -0.3 is 5.32 Å². The normalized spacial score (nSPS) is 10.0. The predicted molar refractivity (Wildman–Crippen MR) is 59.5 cm³/mol. The van der Waals surface area contributed by atoms with Crippen molar-refractivity contribution in [3.05, 3.63) is 36.4 Å². The van der Waals surface area contributed by atoms with Crippen LogP contribution in [0.3, 0.4) is 0 Å². The number of aromatic nitrogens is 3. The number of anilines is 1. The molecule has 86 valence electrons. The second-order valence-electron chi connectivity index (χ2n) is 3.35. The molecule has 17 heavy (non-hydrogen) atoms. The smallest absolute Gasteiger partial charge is 0.222 e. The second-order valence-corrected chi connectivity index (χ2v) is 3.35. The number of rotatable bonds is 2. The van der Waals surface area contributed by atoms with Crippen LogP contribution in [0.4, 0.5) is 10.2 Å². The number of nitrogens with zero attached hydrogens (tertiary/aromatic N) is 3. The predicted octanol–water partition coefficient (Wildman–Crippen LogP) is 1.64. The van der Waals surface area contributed by atoms with Gasteiger partial charge in [-0.05, 0) is 24.3 Å². The van der Waals surface area contributed by atoms with Crippen LogP contribution in [-0.2, 0) is 4.79 Å². The summed E-state index contributed by atoms with van der Waals surface area (Å²) in [6.07, 6.45) is 1.37. The average Bonchev–Trinajstić information content (AvgIpc) is 2.30. The van der Waals surface area contributed by atoms with Crippen molar-refractivity contribution in [3.8, 4) is 11.3 Å². The van der Waals surface area contributed by atoms with Gasteiger partial charge in [-0.1, -0.05) is 0 Å². The van der Waals surface area contributed by atoms with Crippen LogP contribution in [0.25, 0.3) is 11.3 Å². The number of carbonyl (C=O) groups excluding carboxylic acids is 1. The lowest BCUT2D eigenvalue weighted by atomic mass is 10.2. The molecule has 2 aromatic heterocycles. The summed E-state index contributed by atoms with van der Waals surface area (Å²) in [5.41, 5.74) is 1.22. The standard InChI is InChI=1S/C11H9FN4O/c1-7(17)14-11-5-3-9(15-16-11)8-2-4-10(12)13-6-8/h2-6H,1H3,(H,14,16,17). The van der Waals surface area contributed by atoms with Gasteiger partial charge in [0.15, 0.2) is 5.82 Å². The zero-order valence-corrected chi connectivity index (χ0v) is 9.01. The summed E-state index contributed by atoms with van der Waals surface area (Å²) in [4.78, 5) is 14.3. The molecule has 6 heteroatoms. The van der Waals surface area contributed by atoms with Crippen LogP contribution in [0, 0.1) is 5.95 Å². The van der Waals surface area contributed by atoms with Gasteiger partial charge in [0, 0.05) is 18.7 Å². The minimum Gasteiger partial charge on any atom is -0.309 e. The highest BCUT2D eigenvalue weighted by Crippen LogP contribution is 2.15. The van der Waals surface area contributed by atoms with E-state index in [2.05, 4.69) is 20.5 Å². The van der Waals surface area contributed by atoms with Gasteiger partial charge in [-0.2, -0.15) is 4.39 Å². The Morgan fingerprint density at radius 2 is 2.06 bits per heavy atom. The molecule has 0 aromatic carbocycles. The molecule has 0 radical (unpaired) electrons. The van der Waals surface area contributed by atoms with Crippen LogP contribution in [-0.4, -0.2) is 21.1 Å². The minimum atomic E-state index is -0.545. The molecule has 0 spiro atoms. The number of nitrogens with one attached hydrogen (secondary N) is 1. The lowest BCUT2D eigenvalue weighted by Gasteiger charge is -2.02. The first kappa shape index (κ1) is 11.1. The summed E-state index contributed by atoms with van der Waals surface area (Å²) >= 11 is 0. The van der Waals surface area contributed by atoms with E-state index in [-0.39, 0.29) is 5.91 Å². The van der Waals surface area contributed by atoms with Crippen molar-refractivity contribution < 1.29 is 9.18 Å². The van der Waals surface area contributed by atoms with Crippen LogP contribution in [0.15, 0.2) is 30.5 Å². The van der Waals surface area contributed by atoms with Crippen molar-refractivity contribution in [2.45, 2.75) is 6.92 Å². The monoisotopic (exact) mass is 232 g/mol. The van der Waals surface area contributed by atoms with E-state index in [1.54, 1.807) is 18.2 Å². The Balaban J connectivity index is 2.23. The summed E-state index contributed by atoms with van der Waals surface area (Å²) < 4.78 is 12.6. The molecule has 5 nitrogen and oxygen atoms in total. The molecule has 2 heterocycles. The molecule has 1 amide bonds. The Morgan fingerprint density at radius 1 is 1.24 bits per heavy atom. The van der Waals surface area contributed by atoms with Gasteiger partial charge in [0.1, 0.15) is 0 Å². The third kappa shape index (κ3) is 2.81. The quantitative estimate of drug-likeness (QED) is 0.799. The van der Waals surface area contributed by atoms with Gasteiger partial charge in [-0.25, -0.2) is 4.98 Å². The number of amides is 1. The molecule has 0 atom stereocenters. The summed E-state index contributed by atoms with van der Waals surface area (Å²) in [6.45, 7) is 1.39. The van der Waals surface area contributed by atoms with Gasteiger partial charge in [0.05, 0.1) is 5.69 Å². The van der Waals surface area contributed by atoms with Crippen molar-refractivity contribution in [2.24, 2.45) is 0 Å². The molecule has 0 saturated heterocycles. The zero-order valence-electron chi connectivity index (χ0n) is 9.01. The van der Waals surface area contributed by atoms with Crippen molar-refractivity contribution in [1.82, 2.24) is 15.2 Å². The molecular formula is C11H9FN4O. The summed E-state index contributed by atoms with van der Waals surface area (Å²) in [7, 11) is 0. The van der Waals surface area contributed by atoms with E-state index in [0.717, 1.165) is 0 Å². The fourth-order valence-corrected chi connectivity index (χ4v) is 1.26. The Hall–Kier alpha value is -2.37. The van der Waals surface area contributed by atoms with E-state index in [4.69, 9.17) is 0 Å².